The van der Waals surface area contributed by atoms with E-state index in [9.17, 15) is 4.57 Å². The van der Waals surface area contributed by atoms with Crippen molar-refractivity contribution in [2.75, 3.05) is 13.2 Å². The van der Waals surface area contributed by atoms with Gasteiger partial charge in [-0.2, -0.15) is 0 Å². The smallest absolute Gasteiger partial charge is 0.283 e. The topological polar surface area (TPSA) is 35.5 Å². The second-order valence-corrected chi connectivity index (χ2v) is 6.61. The Morgan fingerprint density at radius 2 is 1.20 bits per heavy atom. The van der Waals surface area contributed by atoms with Crippen LogP contribution >= 0.6 is 8.25 Å². The maximum absolute atomic E-state index is 11.7. The third-order valence-corrected chi connectivity index (χ3v) is 4.64. The van der Waals surface area contributed by atoms with Gasteiger partial charge in [0.15, 0.2) is 0 Å². The fourth-order valence-corrected chi connectivity index (χ4v) is 2.91. The highest BCUT2D eigenvalue weighted by atomic mass is 31.1. The molecule has 0 saturated carbocycles. The summed E-state index contributed by atoms with van der Waals surface area (Å²) in [5.74, 6) is 1.03. The average Bonchev–Trinajstić information content (AvgIpc) is 2.47. The Kier molecular flexibility index (Phi) is 14.0. The van der Waals surface area contributed by atoms with E-state index in [1.54, 1.807) is 0 Å². The summed E-state index contributed by atoms with van der Waals surface area (Å²) in [6.07, 6.45) is 9.31. The largest absolute Gasteiger partial charge is 0.368 e. The van der Waals surface area contributed by atoms with Gasteiger partial charge >= 0.3 is 8.25 Å². The first-order chi connectivity index (χ1) is 9.67. The molecular weight excluding hydrogens is 271 g/mol. The molecule has 0 N–H and O–H groups in total. The molecule has 0 amide bonds. The Balaban J connectivity index is 3.80. The minimum Gasteiger partial charge on any atom is -0.283 e. The molecule has 0 aliphatic carbocycles. The molecule has 0 bridgehead atoms. The third kappa shape index (κ3) is 10.8. The molecule has 0 aliphatic heterocycles. The molecule has 0 aromatic carbocycles. The molecule has 0 aromatic heterocycles. The normalized spacial score (nSPS) is 15.1. The molecular formula is C16H34O3P. The summed E-state index contributed by atoms with van der Waals surface area (Å²) in [5, 5.41) is 0. The van der Waals surface area contributed by atoms with Crippen LogP contribution in [0, 0.1) is 11.8 Å². The maximum Gasteiger partial charge on any atom is 0.368 e. The Bertz CT molecular complexity index is 212. The minimum absolute atomic E-state index is 0.513. The van der Waals surface area contributed by atoms with E-state index in [4.69, 9.17) is 9.05 Å². The molecule has 0 heterocycles. The number of hydrogen-bond donors (Lipinski definition) is 0. The Hall–Kier alpha value is 0.0200. The van der Waals surface area contributed by atoms with Crippen molar-refractivity contribution in [2.24, 2.45) is 11.8 Å². The third-order valence-electron chi connectivity index (χ3n) is 3.92. The highest BCUT2D eigenvalue weighted by Crippen LogP contribution is 2.28. The first kappa shape index (κ1) is 20.0. The van der Waals surface area contributed by atoms with Crippen molar-refractivity contribution in [3.8, 4) is 0 Å². The van der Waals surface area contributed by atoms with E-state index in [-0.39, 0.29) is 0 Å². The van der Waals surface area contributed by atoms with Gasteiger partial charge in [0.05, 0.1) is 13.2 Å². The number of rotatable bonds is 14. The van der Waals surface area contributed by atoms with Crippen LogP contribution in [0.2, 0.25) is 0 Å². The lowest BCUT2D eigenvalue weighted by Gasteiger charge is -2.15. The van der Waals surface area contributed by atoms with Gasteiger partial charge in [-0.25, -0.2) is 4.57 Å². The van der Waals surface area contributed by atoms with E-state index >= 15 is 0 Å². The van der Waals surface area contributed by atoms with Gasteiger partial charge in [-0.15, -0.1) is 0 Å². The molecule has 0 saturated heterocycles. The van der Waals surface area contributed by atoms with Crippen LogP contribution in [0.1, 0.15) is 79.1 Å². The van der Waals surface area contributed by atoms with Gasteiger partial charge in [0.1, 0.15) is 0 Å². The molecule has 1 radical (unpaired) electrons. The lowest BCUT2D eigenvalue weighted by molar-refractivity contribution is 0.167. The summed E-state index contributed by atoms with van der Waals surface area (Å²) >= 11 is 0. The molecule has 2 atom stereocenters. The van der Waals surface area contributed by atoms with E-state index in [0.29, 0.717) is 25.0 Å². The first-order valence-electron chi connectivity index (χ1n) is 8.40. The summed E-state index contributed by atoms with van der Waals surface area (Å²) in [4.78, 5) is 0. The zero-order chi connectivity index (χ0) is 15.2. The molecule has 0 aliphatic rings. The summed E-state index contributed by atoms with van der Waals surface area (Å²) < 4.78 is 22.5. The number of hydrogen-bond acceptors (Lipinski definition) is 3. The van der Waals surface area contributed by atoms with E-state index in [2.05, 4.69) is 27.7 Å². The van der Waals surface area contributed by atoms with Crippen molar-refractivity contribution in [1.29, 1.82) is 0 Å². The molecule has 0 fully saturated rings. The second-order valence-electron chi connectivity index (χ2n) is 5.65. The molecule has 121 valence electrons. The average molecular weight is 305 g/mol. The van der Waals surface area contributed by atoms with Crippen LogP contribution in [-0.4, -0.2) is 13.2 Å². The maximum atomic E-state index is 11.7. The monoisotopic (exact) mass is 305 g/mol. The highest BCUT2D eigenvalue weighted by Gasteiger charge is 2.12. The van der Waals surface area contributed by atoms with Crippen LogP contribution < -0.4 is 0 Å². The van der Waals surface area contributed by atoms with Crippen molar-refractivity contribution in [2.45, 2.75) is 79.1 Å². The van der Waals surface area contributed by atoms with Gasteiger partial charge in [0, 0.05) is 0 Å². The first-order valence-corrected chi connectivity index (χ1v) is 9.50. The van der Waals surface area contributed by atoms with Gasteiger partial charge in [0.25, 0.3) is 0 Å². The van der Waals surface area contributed by atoms with Crippen molar-refractivity contribution in [3.63, 3.8) is 0 Å². The van der Waals surface area contributed by atoms with Crippen molar-refractivity contribution in [3.05, 3.63) is 0 Å². The van der Waals surface area contributed by atoms with Crippen molar-refractivity contribution < 1.29 is 13.6 Å². The molecule has 0 spiro atoms. The van der Waals surface area contributed by atoms with Crippen LogP contribution in [0.3, 0.4) is 0 Å². The van der Waals surface area contributed by atoms with Crippen LogP contribution in [0.5, 0.6) is 0 Å². The van der Waals surface area contributed by atoms with E-state index in [0.717, 1.165) is 25.7 Å². The van der Waals surface area contributed by atoms with Crippen LogP contribution in [0.4, 0.5) is 0 Å². The standard InChI is InChI=1S/C16H34O3P/c1-5-9-11-15(7-3)13-18-20(17)19-14-16(8-4)12-10-6-2/h15-16H,5-14H2,1-4H3. The Labute approximate surface area is 126 Å². The summed E-state index contributed by atoms with van der Waals surface area (Å²) in [5.41, 5.74) is 0. The summed E-state index contributed by atoms with van der Waals surface area (Å²) in [6.45, 7) is 9.84. The zero-order valence-corrected chi connectivity index (χ0v) is 14.8. The molecule has 2 unspecified atom stereocenters. The fourth-order valence-electron chi connectivity index (χ4n) is 2.17. The van der Waals surface area contributed by atoms with E-state index < -0.39 is 8.25 Å². The van der Waals surface area contributed by atoms with Gasteiger partial charge in [-0.05, 0) is 24.7 Å². The SMILES string of the molecule is CCCCC(CC)CO[P](=O)OCC(CC)CCCC. The second kappa shape index (κ2) is 14.0. The lowest BCUT2D eigenvalue weighted by atomic mass is 10.0. The predicted molar refractivity (Wildman–Crippen MR) is 86.1 cm³/mol. The van der Waals surface area contributed by atoms with Crippen LogP contribution in [0.25, 0.3) is 0 Å². The van der Waals surface area contributed by atoms with Gasteiger partial charge in [-0.3, -0.25) is 9.05 Å². The molecule has 4 heteroatoms. The lowest BCUT2D eigenvalue weighted by Crippen LogP contribution is -2.08. The summed E-state index contributed by atoms with van der Waals surface area (Å²) in [7, 11) is -1.94. The minimum atomic E-state index is -1.94. The van der Waals surface area contributed by atoms with E-state index in [1.165, 1.54) is 25.7 Å². The van der Waals surface area contributed by atoms with Gasteiger partial charge < -0.3 is 0 Å². The number of unbranched alkanes of at least 4 members (excludes halogenated alkanes) is 2. The summed E-state index contributed by atoms with van der Waals surface area (Å²) in [6, 6.07) is 0. The molecule has 3 nitrogen and oxygen atoms in total. The van der Waals surface area contributed by atoms with Crippen molar-refractivity contribution >= 4 is 8.25 Å². The molecule has 0 rings (SSSR count). The molecule has 20 heavy (non-hydrogen) atoms. The Morgan fingerprint density at radius 1 is 0.800 bits per heavy atom. The van der Waals surface area contributed by atoms with Crippen LogP contribution in [-0.2, 0) is 13.6 Å². The fraction of sp³-hybridized carbons (Fsp3) is 1.00. The van der Waals surface area contributed by atoms with Crippen molar-refractivity contribution in [1.82, 2.24) is 0 Å². The predicted octanol–water partition coefficient (Wildman–Crippen LogP) is 6.11. The van der Waals surface area contributed by atoms with Gasteiger partial charge in [0.2, 0.25) is 0 Å². The van der Waals surface area contributed by atoms with Gasteiger partial charge in [-0.1, -0.05) is 66.2 Å². The zero-order valence-electron chi connectivity index (χ0n) is 13.9. The van der Waals surface area contributed by atoms with E-state index in [1.807, 2.05) is 0 Å². The molecule has 0 aromatic rings. The van der Waals surface area contributed by atoms with Crippen LogP contribution in [0.15, 0.2) is 0 Å². The Morgan fingerprint density at radius 3 is 1.50 bits per heavy atom. The quantitative estimate of drug-likeness (QED) is 0.363. The highest BCUT2D eigenvalue weighted by molar-refractivity contribution is 7.33.